The molecule has 0 atom stereocenters. The molecule has 2 aromatic heterocycles. The van der Waals surface area contributed by atoms with Crippen molar-refractivity contribution in [3.8, 4) is 45.0 Å². The fourth-order valence-corrected chi connectivity index (χ4v) is 6.71. The van der Waals surface area contributed by atoms with Gasteiger partial charge in [0.05, 0.1) is 45.0 Å². The van der Waals surface area contributed by atoms with Crippen LogP contribution in [0.1, 0.15) is 41.4 Å². The zero-order valence-electron chi connectivity index (χ0n) is 26.9. The predicted octanol–water partition coefficient (Wildman–Crippen LogP) is 8.83. The third-order valence-electron chi connectivity index (χ3n) is 9.25. The maximum Gasteiger partial charge on any atom is 0.335 e. The number of pyridine rings is 2. The van der Waals surface area contributed by atoms with Crippen LogP contribution in [0.2, 0.25) is 0 Å². The molecule has 52 heavy (non-hydrogen) atoms. The first-order valence-electron chi connectivity index (χ1n) is 16.0. The van der Waals surface area contributed by atoms with Crippen LogP contribution in [0.15, 0.2) is 121 Å². The van der Waals surface area contributed by atoms with Gasteiger partial charge in [-0.1, -0.05) is 72.8 Å². The van der Waals surface area contributed by atoms with Crippen LogP contribution in [-0.2, 0) is 0 Å². The maximum atomic E-state index is 11.7. The summed E-state index contributed by atoms with van der Waals surface area (Å²) < 4.78 is 0. The molecule has 10 nitrogen and oxygen atoms in total. The van der Waals surface area contributed by atoms with Crippen LogP contribution in [0.5, 0.6) is 0 Å². The Labute approximate surface area is 293 Å². The molecule has 8 aromatic rings. The summed E-state index contributed by atoms with van der Waals surface area (Å²) in [6.07, 6.45) is 0. The minimum absolute atomic E-state index is 0.120. The lowest BCUT2D eigenvalue weighted by Gasteiger charge is -2.20. The molecule has 10 heteroatoms. The van der Waals surface area contributed by atoms with E-state index in [1.54, 1.807) is 48.5 Å². The summed E-state index contributed by atoms with van der Waals surface area (Å²) in [7, 11) is 0. The normalized spacial score (nSPS) is 11.3. The molecule has 0 amide bonds. The Morgan fingerprint density at radius 3 is 0.673 bits per heavy atom. The number of hydrogen-bond acceptors (Lipinski definition) is 6. The van der Waals surface area contributed by atoms with Gasteiger partial charge in [-0.05, 0) is 48.5 Å². The third kappa shape index (κ3) is 5.22. The number of aromatic carboxylic acids is 4. The van der Waals surface area contributed by atoms with E-state index in [-0.39, 0.29) is 22.3 Å². The van der Waals surface area contributed by atoms with Gasteiger partial charge >= 0.3 is 23.9 Å². The molecule has 4 N–H and O–H groups in total. The number of carboxylic acid groups (broad SMARTS) is 4. The number of nitrogens with zero attached hydrogens (tertiary/aromatic N) is 2. The van der Waals surface area contributed by atoms with Crippen molar-refractivity contribution in [3.63, 3.8) is 0 Å². The second-order valence-corrected chi connectivity index (χ2v) is 12.2. The van der Waals surface area contributed by atoms with Gasteiger partial charge in [-0.3, -0.25) is 0 Å². The van der Waals surface area contributed by atoms with Gasteiger partial charge in [-0.2, -0.15) is 0 Å². The van der Waals surface area contributed by atoms with Gasteiger partial charge < -0.3 is 20.4 Å². The first kappa shape index (κ1) is 31.8. The van der Waals surface area contributed by atoms with Crippen LogP contribution in [0.4, 0.5) is 0 Å². The highest BCUT2D eigenvalue weighted by Gasteiger charge is 2.23. The Morgan fingerprint density at radius 2 is 0.500 bits per heavy atom. The smallest absolute Gasteiger partial charge is 0.335 e. The van der Waals surface area contributed by atoms with Gasteiger partial charge in [0, 0.05) is 54.6 Å². The topological polar surface area (TPSA) is 175 Å². The van der Waals surface area contributed by atoms with Crippen molar-refractivity contribution in [1.29, 1.82) is 0 Å². The highest BCUT2D eigenvalue weighted by atomic mass is 16.4. The highest BCUT2D eigenvalue weighted by molar-refractivity contribution is 6.30. The standard InChI is InChI=1S/C42H24N2O8/c45-39(46)25-9-1-21(2-10-25)35-29-17-18-31-34-32(20-19-30(33(29)34)36(43-35)22-3-11-26(12-4-22)40(47)48)38(24-7-15-28(16-8-24)42(51)52)44-37(31)23-5-13-27(14-6-23)41(49)50/h1-20H,(H,45,46)(H,47,48)(H,49,50)(H,51,52). The summed E-state index contributed by atoms with van der Waals surface area (Å²) in [5, 5.41) is 43.0. The Balaban J connectivity index is 1.50. The molecule has 250 valence electrons. The van der Waals surface area contributed by atoms with E-state index in [1.807, 2.05) is 24.3 Å². The summed E-state index contributed by atoms with van der Waals surface area (Å²) >= 11 is 0. The first-order valence-corrected chi connectivity index (χ1v) is 16.0. The van der Waals surface area contributed by atoms with E-state index >= 15 is 0 Å². The van der Waals surface area contributed by atoms with Crippen molar-refractivity contribution in [2.45, 2.75) is 0 Å². The first-order chi connectivity index (χ1) is 25.1. The summed E-state index contributed by atoms with van der Waals surface area (Å²) in [5.41, 5.74) is 5.45. The Bertz CT molecular complexity index is 2380. The van der Waals surface area contributed by atoms with Crippen molar-refractivity contribution in [2.75, 3.05) is 0 Å². The second kappa shape index (κ2) is 12.1. The summed E-state index contributed by atoms with van der Waals surface area (Å²) in [6, 6.07) is 33.5. The largest absolute Gasteiger partial charge is 0.478 e. The molecule has 0 radical (unpaired) electrons. The molecule has 8 rings (SSSR count). The van der Waals surface area contributed by atoms with Crippen LogP contribution in [0.25, 0.3) is 77.3 Å². The van der Waals surface area contributed by atoms with Crippen molar-refractivity contribution >= 4 is 56.2 Å². The third-order valence-corrected chi connectivity index (χ3v) is 9.25. The van der Waals surface area contributed by atoms with E-state index in [0.29, 0.717) is 45.0 Å². The molecule has 0 bridgehead atoms. The fourth-order valence-electron chi connectivity index (χ4n) is 6.71. The molecule has 6 aromatic carbocycles. The molecule has 0 spiro atoms. The molecule has 0 saturated carbocycles. The van der Waals surface area contributed by atoms with Crippen LogP contribution in [0.3, 0.4) is 0 Å². The van der Waals surface area contributed by atoms with Crippen molar-refractivity contribution in [3.05, 3.63) is 144 Å². The van der Waals surface area contributed by atoms with Gasteiger partial charge in [0.2, 0.25) is 0 Å². The molecule has 0 saturated heterocycles. The molecule has 0 fully saturated rings. The molecule has 0 aliphatic rings. The number of hydrogen-bond donors (Lipinski definition) is 4. The average Bonchev–Trinajstić information content (AvgIpc) is 3.16. The minimum Gasteiger partial charge on any atom is -0.478 e. The quantitative estimate of drug-likeness (QED) is 0.113. The minimum atomic E-state index is -1.06. The molecular weight excluding hydrogens is 660 g/mol. The lowest BCUT2D eigenvalue weighted by atomic mass is 9.87. The lowest BCUT2D eigenvalue weighted by molar-refractivity contribution is 0.0686. The monoisotopic (exact) mass is 684 g/mol. The van der Waals surface area contributed by atoms with E-state index in [9.17, 15) is 39.6 Å². The molecular formula is C42H24N2O8. The zero-order valence-corrected chi connectivity index (χ0v) is 26.9. The van der Waals surface area contributed by atoms with E-state index in [2.05, 4.69) is 0 Å². The number of carbonyl (C=O) groups is 4. The highest BCUT2D eigenvalue weighted by Crippen LogP contribution is 2.46. The molecule has 0 aliphatic carbocycles. The second-order valence-electron chi connectivity index (χ2n) is 12.2. The van der Waals surface area contributed by atoms with Crippen molar-refractivity contribution in [2.24, 2.45) is 0 Å². The predicted molar refractivity (Wildman–Crippen MR) is 195 cm³/mol. The van der Waals surface area contributed by atoms with Gasteiger partial charge in [-0.25, -0.2) is 29.1 Å². The molecule has 0 unspecified atom stereocenters. The van der Waals surface area contributed by atoms with Crippen LogP contribution < -0.4 is 0 Å². The van der Waals surface area contributed by atoms with Gasteiger partial charge in [0.25, 0.3) is 0 Å². The molecule has 2 heterocycles. The Hall–Kier alpha value is -7.46. The van der Waals surface area contributed by atoms with Crippen LogP contribution >= 0.6 is 0 Å². The number of benzene rings is 6. The van der Waals surface area contributed by atoms with Crippen molar-refractivity contribution in [1.82, 2.24) is 9.97 Å². The van der Waals surface area contributed by atoms with E-state index in [0.717, 1.165) is 32.3 Å². The maximum absolute atomic E-state index is 11.7. The summed E-state index contributed by atoms with van der Waals surface area (Å²) in [5.74, 6) is -4.24. The average molecular weight is 685 g/mol. The van der Waals surface area contributed by atoms with Crippen LogP contribution in [0, 0.1) is 0 Å². The summed E-state index contributed by atoms with van der Waals surface area (Å²) in [6.45, 7) is 0. The SMILES string of the molecule is O=C(O)c1ccc(-c2nc(-c3ccc(C(=O)O)cc3)c3ccc4c(-c5ccc(C(=O)O)cc5)nc(-c5ccc(C(=O)O)cc5)c5ccc2c3c54)cc1. The number of aromatic nitrogens is 2. The van der Waals surface area contributed by atoms with Crippen LogP contribution in [-0.4, -0.2) is 54.3 Å². The van der Waals surface area contributed by atoms with Gasteiger partial charge in [0.15, 0.2) is 0 Å². The van der Waals surface area contributed by atoms with Gasteiger partial charge in [0.1, 0.15) is 0 Å². The molecule has 0 aliphatic heterocycles. The van der Waals surface area contributed by atoms with E-state index in [4.69, 9.17) is 9.97 Å². The lowest BCUT2D eigenvalue weighted by Crippen LogP contribution is -2.00. The summed E-state index contributed by atoms with van der Waals surface area (Å²) in [4.78, 5) is 57.0. The zero-order chi connectivity index (χ0) is 36.3. The Morgan fingerprint density at radius 1 is 0.308 bits per heavy atom. The fraction of sp³-hybridized carbons (Fsp3) is 0. The number of rotatable bonds is 8. The van der Waals surface area contributed by atoms with Crippen molar-refractivity contribution < 1.29 is 39.6 Å². The van der Waals surface area contributed by atoms with E-state index < -0.39 is 23.9 Å². The van der Waals surface area contributed by atoms with Gasteiger partial charge in [-0.15, -0.1) is 0 Å². The number of carboxylic acids is 4. The Kier molecular flexibility index (Phi) is 7.42. The van der Waals surface area contributed by atoms with E-state index in [1.165, 1.54) is 48.5 Å².